The van der Waals surface area contributed by atoms with Crippen molar-refractivity contribution >= 4 is 23.3 Å². The van der Waals surface area contributed by atoms with Crippen LogP contribution in [0.5, 0.6) is 0 Å². The number of ether oxygens (including phenoxy) is 1. The zero-order valence-electron chi connectivity index (χ0n) is 11.9. The maximum absolute atomic E-state index is 13.4. The molecule has 10 heteroatoms. The number of aromatic nitrogens is 1. The fraction of sp³-hybridized carbons (Fsp3) is 0.462. The zero-order valence-corrected chi connectivity index (χ0v) is 12.7. The Morgan fingerprint density at radius 3 is 2.78 bits per heavy atom. The third kappa shape index (κ3) is 3.22. The number of carbonyl (C=O) groups excluding carboxylic acids is 1. The van der Waals surface area contributed by atoms with Crippen LogP contribution < -0.4 is 10.6 Å². The minimum atomic E-state index is -5.16. The molecule has 0 aliphatic carbocycles. The van der Waals surface area contributed by atoms with E-state index in [1.807, 2.05) is 0 Å². The number of pyridine rings is 1. The summed E-state index contributed by atoms with van der Waals surface area (Å²) in [5.74, 6) is -3.21. The van der Waals surface area contributed by atoms with E-state index >= 15 is 0 Å². The zero-order chi connectivity index (χ0) is 17.3. The van der Waals surface area contributed by atoms with E-state index in [9.17, 15) is 23.1 Å². The molecule has 1 fully saturated rings. The Labute approximate surface area is 135 Å². The Hall–Kier alpha value is -1.94. The van der Waals surface area contributed by atoms with Gasteiger partial charge in [0, 0.05) is 12.4 Å². The fourth-order valence-electron chi connectivity index (χ4n) is 2.37. The van der Waals surface area contributed by atoms with Crippen molar-refractivity contribution in [3.8, 4) is 0 Å². The maximum Gasteiger partial charge on any atom is 0.437 e. The first-order chi connectivity index (χ1) is 10.7. The van der Waals surface area contributed by atoms with Gasteiger partial charge in [-0.2, -0.15) is 13.2 Å². The van der Waals surface area contributed by atoms with E-state index in [4.69, 9.17) is 17.0 Å². The predicted molar refractivity (Wildman–Crippen MR) is 77.0 cm³/mol. The third-order valence-electron chi connectivity index (χ3n) is 3.39. The number of carbonyl (C=O) groups is 1. The lowest BCUT2D eigenvalue weighted by Gasteiger charge is -2.45. The minimum Gasteiger partial charge on any atom is -0.466 e. The van der Waals surface area contributed by atoms with Crippen LogP contribution in [0, 0.1) is 5.92 Å². The minimum absolute atomic E-state index is 0.131. The average molecular weight is 349 g/mol. The number of hydrogen-bond acceptors (Lipinski definition) is 5. The Kier molecular flexibility index (Phi) is 4.76. The quantitative estimate of drug-likeness (QED) is 0.555. The SMILES string of the molecule is CCOC(=O)[C@@H]1[C@@H](c2cccnc2)NC(=S)N[C@@]1(O)C(F)(F)F. The van der Waals surface area contributed by atoms with Crippen molar-refractivity contribution in [3.63, 3.8) is 0 Å². The van der Waals surface area contributed by atoms with Crippen molar-refractivity contribution in [1.29, 1.82) is 0 Å². The van der Waals surface area contributed by atoms with Gasteiger partial charge in [-0.3, -0.25) is 9.78 Å². The number of nitrogens with zero attached hydrogens (tertiary/aromatic N) is 1. The highest BCUT2D eigenvalue weighted by molar-refractivity contribution is 7.80. The number of halogens is 3. The molecule has 0 unspecified atom stereocenters. The van der Waals surface area contributed by atoms with Gasteiger partial charge >= 0.3 is 12.1 Å². The molecular weight excluding hydrogens is 335 g/mol. The molecule has 1 aromatic rings. The summed E-state index contributed by atoms with van der Waals surface area (Å²) in [7, 11) is 0. The molecule has 1 aliphatic rings. The van der Waals surface area contributed by atoms with Crippen LogP contribution in [-0.4, -0.2) is 39.7 Å². The molecular formula is C13H14F3N3O3S. The topological polar surface area (TPSA) is 83.5 Å². The largest absolute Gasteiger partial charge is 0.466 e. The average Bonchev–Trinajstić information content (AvgIpc) is 2.46. The molecule has 2 heterocycles. The lowest BCUT2D eigenvalue weighted by molar-refractivity contribution is -0.292. The molecule has 1 aliphatic heterocycles. The van der Waals surface area contributed by atoms with Gasteiger partial charge in [0.25, 0.3) is 5.72 Å². The summed E-state index contributed by atoms with van der Waals surface area (Å²) in [5.41, 5.74) is -3.29. The first-order valence-corrected chi connectivity index (χ1v) is 7.06. The van der Waals surface area contributed by atoms with Gasteiger partial charge < -0.3 is 20.5 Å². The molecule has 0 saturated carbocycles. The van der Waals surface area contributed by atoms with Crippen molar-refractivity contribution < 1.29 is 27.8 Å². The van der Waals surface area contributed by atoms with Crippen LogP contribution in [0.1, 0.15) is 18.5 Å². The fourth-order valence-corrected chi connectivity index (χ4v) is 2.66. The van der Waals surface area contributed by atoms with Gasteiger partial charge in [0.05, 0.1) is 12.6 Å². The number of alkyl halides is 3. The maximum atomic E-state index is 13.4. The molecule has 1 aromatic heterocycles. The van der Waals surface area contributed by atoms with Crippen LogP contribution in [-0.2, 0) is 9.53 Å². The van der Waals surface area contributed by atoms with Crippen LogP contribution >= 0.6 is 12.2 Å². The number of rotatable bonds is 3. The standard InChI is InChI=1S/C13H14F3N3O3S/c1-2-22-10(20)8-9(7-4-3-5-17-6-7)18-11(23)19-12(8,21)13(14,15)16/h3-6,8-9,21H,2H2,1H3,(H2,18,19,23)/t8-,9+,12-/m0/s1. The van der Waals surface area contributed by atoms with Crippen molar-refractivity contribution in [3.05, 3.63) is 30.1 Å². The van der Waals surface area contributed by atoms with Crippen LogP contribution in [0.3, 0.4) is 0 Å². The number of esters is 1. The molecule has 126 valence electrons. The summed E-state index contributed by atoms with van der Waals surface area (Å²) < 4.78 is 45.0. The Morgan fingerprint density at radius 2 is 2.26 bits per heavy atom. The van der Waals surface area contributed by atoms with Gasteiger partial charge in [0.15, 0.2) is 5.11 Å². The summed E-state index contributed by atoms with van der Waals surface area (Å²) in [4.78, 5) is 15.9. The van der Waals surface area contributed by atoms with Gasteiger partial charge in [0.1, 0.15) is 5.92 Å². The van der Waals surface area contributed by atoms with Crippen LogP contribution in [0.25, 0.3) is 0 Å². The molecule has 6 nitrogen and oxygen atoms in total. The molecule has 0 aromatic carbocycles. The summed E-state index contributed by atoms with van der Waals surface area (Å²) >= 11 is 4.75. The highest BCUT2D eigenvalue weighted by Crippen LogP contribution is 2.42. The van der Waals surface area contributed by atoms with E-state index in [0.29, 0.717) is 0 Å². The van der Waals surface area contributed by atoms with Crippen molar-refractivity contribution in [2.24, 2.45) is 5.92 Å². The summed E-state index contributed by atoms with van der Waals surface area (Å²) in [5, 5.41) is 14.1. The highest BCUT2D eigenvalue weighted by atomic mass is 32.1. The summed E-state index contributed by atoms with van der Waals surface area (Å²) in [6.07, 6.45) is -2.44. The van der Waals surface area contributed by atoms with Gasteiger partial charge in [-0.05, 0) is 30.8 Å². The van der Waals surface area contributed by atoms with E-state index in [1.54, 1.807) is 5.32 Å². The van der Waals surface area contributed by atoms with E-state index < -0.39 is 34.9 Å². The molecule has 3 N–H and O–H groups in total. The number of hydrogen-bond donors (Lipinski definition) is 3. The van der Waals surface area contributed by atoms with Crippen molar-refractivity contribution in [2.45, 2.75) is 24.9 Å². The van der Waals surface area contributed by atoms with Crippen molar-refractivity contribution in [1.82, 2.24) is 15.6 Å². The van der Waals surface area contributed by atoms with E-state index in [1.165, 1.54) is 31.5 Å². The molecule has 0 amide bonds. The second-order valence-corrected chi connectivity index (χ2v) is 5.26. The molecule has 2 rings (SSSR count). The van der Waals surface area contributed by atoms with Gasteiger partial charge in [-0.15, -0.1) is 0 Å². The molecule has 23 heavy (non-hydrogen) atoms. The number of aliphatic hydroxyl groups is 1. The first-order valence-electron chi connectivity index (χ1n) is 6.65. The van der Waals surface area contributed by atoms with E-state index in [0.717, 1.165) is 0 Å². The van der Waals surface area contributed by atoms with E-state index in [-0.39, 0.29) is 12.2 Å². The predicted octanol–water partition coefficient (Wildman–Crippen LogP) is 1.03. The molecule has 1 saturated heterocycles. The number of thiocarbonyl (C=S) groups is 1. The summed E-state index contributed by atoms with van der Waals surface area (Å²) in [6, 6.07) is 1.72. The van der Waals surface area contributed by atoms with Crippen LogP contribution in [0.2, 0.25) is 0 Å². The monoisotopic (exact) mass is 349 g/mol. The lowest BCUT2D eigenvalue weighted by Crippen LogP contribution is -2.73. The number of nitrogens with one attached hydrogen (secondary N) is 2. The lowest BCUT2D eigenvalue weighted by atomic mass is 9.82. The summed E-state index contributed by atoms with van der Waals surface area (Å²) in [6.45, 7) is 1.32. The highest BCUT2D eigenvalue weighted by Gasteiger charge is 2.66. The Balaban J connectivity index is 2.54. The molecule has 0 radical (unpaired) electrons. The Bertz CT molecular complexity index is 599. The molecule has 0 bridgehead atoms. The third-order valence-corrected chi connectivity index (χ3v) is 3.61. The smallest absolute Gasteiger partial charge is 0.437 e. The van der Waals surface area contributed by atoms with Crippen LogP contribution in [0.15, 0.2) is 24.5 Å². The van der Waals surface area contributed by atoms with Gasteiger partial charge in [0.2, 0.25) is 0 Å². The molecule has 0 spiro atoms. The van der Waals surface area contributed by atoms with E-state index in [2.05, 4.69) is 10.3 Å². The second kappa shape index (κ2) is 6.28. The van der Waals surface area contributed by atoms with Gasteiger partial charge in [-0.1, -0.05) is 6.07 Å². The normalized spacial score (nSPS) is 27.8. The second-order valence-electron chi connectivity index (χ2n) is 4.86. The van der Waals surface area contributed by atoms with Crippen LogP contribution in [0.4, 0.5) is 13.2 Å². The van der Waals surface area contributed by atoms with Crippen molar-refractivity contribution in [2.75, 3.05) is 6.61 Å². The van der Waals surface area contributed by atoms with Gasteiger partial charge in [-0.25, -0.2) is 0 Å². The molecule has 3 atom stereocenters. The Morgan fingerprint density at radius 1 is 1.57 bits per heavy atom. The first kappa shape index (κ1) is 17.4.